The highest BCUT2D eigenvalue weighted by Crippen LogP contribution is 2.21. The second kappa shape index (κ2) is 5.57. The highest BCUT2D eigenvalue weighted by atomic mass is 16.1. The van der Waals surface area contributed by atoms with E-state index in [0.29, 0.717) is 0 Å². The van der Waals surface area contributed by atoms with Crippen molar-refractivity contribution >= 4 is 11.6 Å². The molecule has 0 aromatic heterocycles. The van der Waals surface area contributed by atoms with E-state index in [2.05, 4.69) is 12.2 Å². The molecule has 3 N–H and O–H groups in total. The molecule has 2 rings (SSSR count). The van der Waals surface area contributed by atoms with Gasteiger partial charge in [0.15, 0.2) is 0 Å². The predicted molar refractivity (Wildman–Crippen MR) is 77.9 cm³/mol. The van der Waals surface area contributed by atoms with Crippen LogP contribution in [0.1, 0.15) is 22.7 Å². The average Bonchev–Trinajstić information content (AvgIpc) is 2.40. The van der Waals surface area contributed by atoms with Crippen molar-refractivity contribution in [2.45, 2.75) is 19.9 Å². The van der Waals surface area contributed by atoms with Crippen LogP contribution in [0.5, 0.6) is 0 Å². The van der Waals surface area contributed by atoms with Crippen LogP contribution in [0.2, 0.25) is 0 Å². The fourth-order valence-corrected chi connectivity index (χ4v) is 1.96. The Balaban J connectivity index is 2.27. The minimum atomic E-state index is -0.511. The van der Waals surface area contributed by atoms with Crippen molar-refractivity contribution in [3.63, 3.8) is 0 Å². The third-order valence-electron chi connectivity index (χ3n) is 3.24. The number of nitrogens with two attached hydrogens (primary N) is 1. The van der Waals surface area contributed by atoms with Crippen molar-refractivity contribution in [2.24, 2.45) is 5.73 Å². The molecule has 0 saturated heterocycles. The lowest BCUT2D eigenvalue weighted by atomic mass is 10.0. The third kappa shape index (κ3) is 3.13. The first-order chi connectivity index (χ1) is 9.08. The van der Waals surface area contributed by atoms with E-state index < -0.39 is 6.04 Å². The first kappa shape index (κ1) is 13.1. The molecule has 3 nitrogen and oxygen atoms in total. The molecule has 3 heteroatoms. The predicted octanol–water partition coefficient (Wildman–Crippen LogP) is 2.94. The maximum Gasteiger partial charge on any atom is 0.244 e. The Labute approximate surface area is 113 Å². The molecule has 0 aliphatic heterocycles. The van der Waals surface area contributed by atoms with E-state index in [1.807, 2.05) is 55.5 Å². The van der Waals surface area contributed by atoms with Gasteiger partial charge >= 0.3 is 0 Å². The zero-order valence-electron chi connectivity index (χ0n) is 11.2. The number of benzene rings is 2. The fourth-order valence-electron chi connectivity index (χ4n) is 1.96. The Kier molecular flexibility index (Phi) is 3.85. The first-order valence-corrected chi connectivity index (χ1v) is 6.26. The molecule has 1 atom stereocenters. The molecule has 0 unspecified atom stereocenters. The standard InChI is InChI=1S/C16H18N2O/c1-11-8-9-14(10-12(11)2)18-15(16(17)19)13-6-4-3-5-7-13/h3-10,15,18H,1-2H3,(H2,17,19)/t15-/m0/s1. The van der Waals surface area contributed by atoms with Crippen LogP contribution >= 0.6 is 0 Å². The minimum absolute atomic E-state index is 0.385. The van der Waals surface area contributed by atoms with Gasteiger partial charge < -0.3 is 11.1 Å². The summed E-state index contributed by atoms with van der Waals surface area (Å²) >= 11 is 0. The van der Waals surface area contributed by atoms with Crippen molar-refractivity contribution in [3.8, 4) is 0 Å². The maximum absolute atomic E-state index is 11.6. The van der Waals surface area contributed by atoms with E-state index in [4.69, 9.17) is 5.73 Å². The van der Waals surface area contributed by atoms with Gasteiger partial charge in [-0.2, -0.15) is 0 Å². The molecule has 2 aromatic carbocycles. The number of primary amides is 1. The summed E-state index contributed by atoms with van der Waals surface area (Å²) < 4.78 is 0. The molecule has 0 bridgehead atoms. The van der Waals surface area contributed by atoms with Crippen molar-refractivity contribution in [1.82, 2.24) is 0 Å². The Bertz CT molecular complexity index is 579. The largest absolute Gasteiger partial charge is 0.370 e. The van der Waals surface area contributed by atoms with Gasteiger partial charge in [-0.25, -0.2) is 0 Å². The summed E-state index contributed by atoms with van der Waals surface area (Å²) in [5.74, 6) is -0.385. The Morgan fingerprint density at radius 2 is 1.74 bits per heavy atom. The topological polar surface area (TPSA) is 55.1 Å². The normalized spacial score (nSPS) is 11.9. The van der Waals surface area contributed by atoms with Crippen molar-refractivity contribution in [1.29, 1.82) is 0 Å². The van der Waals surface area contributed by atoms with E-state index in [1.54, 1.807) is 0 Å². The molecular weight excluding hydrogens is 236 g/mol. The van der Waals surface area contributed by atoms with Crippen LogP contribution < -0.4 is 11.1 Å². The molecule has 98 valence electrons. The van der Waals surface area contributed by atoms with Gasteiger partial charge in [-0.1, -0.05) is 36.4 Å². The molecule has 19 heavy (non-hydrogen) atoms. The number of carbonyl (C=O) groups is 1. The summed E-state index contributed by atoms with van der Waals surface area (Å²) in [7, 11) is 0. The van der Waals surface area contributed by atoms with Gasteiger partial charge in [-0.15, -0.1) is 0 Å². The van der Waals surface area contributed by atoms with E-state index >= 15 is 0 Å². The van der Waals surface area contributed by atoms with Crippen LogP contribution in [0.3, 0.4) is 0 Å². The third-order valence-corrected chi connectivity index (χ3v) is 3.24. The number of aryl methyl sites for hydroxylation is 2. The van der Waals surface area contributed by atoms with Gasteiger partial charge in [0.25, 0.3) is 0 Å². The zero-order valence-corrected chi connectivity index (χ0v) is 11.2. The van der Waals surface area contributed by atoms with Gasteiger partial charge in [0, 0.05) is 5.69 Å². The summed E-state index contributed by atoms with van der Waals surface area (Å²) in [6.45, 7) is 4.10. The molecule has 0 spiro atoms. The van der Waals surface area contributed by atoms with E-state index in [0.717, 1.165) is 11.3 Å². The fraction of sp³-hybridized carbons (Fsp3) is 0.188. The summed E-state index contributed by atoms with van der Waals surface area (Å²) in [6.07, 6.45) is 0. The van der Waals surface area contributed by atoms with Gasteiger partial charge in [-0.05, 0) is 42.7 Å². The van der Waals surface area contributed by atoms with Crippen LogP contribution in [0.15, 0.2) is 48.5 Å². The minimum Gasteiger partial charge on any atom is -0.370 e. The van der Waals surface area contributed by atoms with Crippen LogP contribution in [0.4, 0.5) is 5.69 Å². The quantitative estimate of drug-likeness (QED) is 0.881. The SMILES string of the molecule is Cc1ccc(N[C@H](C(N)=O)c2ccccc2)cc1C. The van der Waals surface area contributed by atoms with Crippen molar-refractivity contribution in [3.05, 3.63) is 65.2 Å². The number of carbonyl (C=O) groups excluding carboxylic acids is 1. The molecule has 0 saturated carbocycles. The first-order valence-electron chi connectivity index (χ1n) is 6.26. The Morgan fingerprint density at radius 1 is 1.05 bits per heavy atom. The lowest BCUT2D eigenvalue weighted by molar-refractivity contribution is -0.118. The van der Waals surface area contributed by atoms with E-state index in [1.165, 1.54) is 11.1 Å². The number of hydrogen-bond acceptors (Lipinski definition) is 2. The molecule has 0 aliphatic carbocycles. The molecule has 0 fully saturated rings. The number of nitrogens with one attached hydrogen (secondary N) is 1. The number of hydrogen-bond donors (Lipinski definition) is 2. The van der Waals surface area contributed by atoms with Crippen LogP contribution in [0, 0.1) is 13.8 Å². The lowest BCUT2D eigenvalue weighted by Gasteiger charge is -2.18. The summed E-state index contributed by atoms with van der Waals surface area (Å²) in [5.41, 5.74) is 9.66. The number of rotatable bonds is 4. The number of amides is 1. The Morgan fingerprint density at radius 3 is 2.32 bits per heavy atom. The highest BCUT2D eigenvalue weighted by molar-refractivity contribution is 5.84. The van der Waals surface area contributed by atoms with Crippen LogP contribution in [0.25, 0.3) is 0 Å². The molecule has 0 radical (unpaired) electrons. The zero-order chi connectivity index (χ0) is 13.8. The van der Waals surface area contributed by atoms with Gasteiger partial charge in [0.05, 0.1) is 0 Å². The molecule has 0 heterocycles. The maximum atomic E-state index is 11.6. The van der Waals surface area contributed by atoms with Gasteiger partial charge in [0.2, 0.25) is 5.91 Å². The monoisotopic (exact) mass is 254 g/mol. The molecule has 0 aliphatic rings. The smallest absolute Gasteiger partial charge is 0.244 e. The highest BCUT2D eigenvalue weighted by Gasteiger charge is 2.17. The van der Waals surface area contributed by atoms with Gasteiger partial charge in [0.1, 0.15) is 6.04 Å². The number of anilines is 1. The van der Waals surface area contributed by atoms with E-state index in [9.17, 15) is 4.79 Å². The van der Waals surface area contributed by atoms with Crippen LogP contribution in [-0.4, -0.2) is 5.91 Å². The second-order valence-corrected chi connectivity index (χ2v) is 4.69. The summed E-state index contributed by atoms with van der Waals surface area (Å²) in [4.78, 5) is 11.6. The van der Waals surface area contributed by atoms with Gasteiger partial charge in [-0.3, -0.25) is 4.79 Å². The molecule has 2 aromatic rings. The molecule has 1 amide bonds. The average molecular weight is 254 g/mol. The second-order valence-electron chi connectivity index (χ2n) is 4.69. The summed E-state index contributed by atoms with van der Waals surface area (Å²) in [5, 5.41) is 3.19. The van der Waals surface area contributed by atoms with Crippen molar-refractivity contribution < 1.29 is 4.79 Å². The summed E-state index contributed by atoms with van der Waals surface area (Å²) in [6, 6.07) is 15.0. The van der Waals surface area contributed by atoms with Crippen molar-refractivity contribution in [2.75, 3.05) is 5.32 Å². The van der Waals surface area contributed by atoms with Crippen LogP contribution in [-0.2, 0) is 4.79 Å². The lowest BCUT2D eigenvalue weighted by Crippen LogP contribution is -2.27. The Hall–Kier alpha value is -2.29. The van der Waals surface area contributed by atoms with E-state index in [-0.39, 0.29) is 5.91 Å². The molecular formula is C16H18N2O.